The summed E-state index contributed by atoms with van der Waals surface area (Å²) in [5.74, 6) is -0.655. The van der Waals surface area contributed by atoms with Crippen molar-refractivity contribution in [2.24, 2.45) is 5.92 Å². The zero-order valence-corrected chi connectivity index (χ0v) is 14.3. The number of alkyl halides is 2. The first kappa shape index (κ1) is 16.9. The summed E-state index contributed by atoms with van der Waals surface area (Å²) in [6.45, 7) is 1.94. The molecule has 2 N–H and O–H groups in total. The number of benzene rings is 1. The first-order valence-corrected chi connectivity index (χ1v) is 8.13. The van der Waals surface area contributed by atoms with E-state index < -0.39 is 17.0 Å². The van der Waals surface area contributed by atoms with Crippen molar-refractivity contribution in [3.63, 3.8) is 0 Å². The lowest BCUT2D eigenvalue weighted by molar-refractivity contribution is -0.117. The van der Waals surface area contributed by atoms with Gasteiger partial charge in [0.15, 0.2) is 5.13 Å². The lowest BCUT2D eigenvalue weighted by Gasteiger charge is -2.16. The lowest BCUT2D eigenvalue weighted by Crippen LogP contribution is -2.17. The molecular weight excluding hydrogens is 354 g/mol. The first-order chi connectivity index (χ1) is 11.3. The molecule has 3 atom stereocenters. The molecule has 1 fully saturated rings. The zero-order valence-electron chi connectivity index (χ0n) is 12.8. The van der Waals surface area contributed by atoms with Crippen LogP contribution in [-0.4, -0.2) is 21.0 Å². The Morgan fingerprint density at radius 1 is 1.46 bits per heavy atom. The molecule has 1 aromatic heterocycles. The van der Waals surface area contributed by atoms with Gasteiger partial charge in [0.2, 0.25) is 5.91 Å². The molecule has 5 nitrogen and oxygen atoms in total. The van der Waals surface area contributed by atoms with Crippen LogP contribution in [0.5, 0.6) is 0 Å². The molecule has 0 radical (unpaired) electrons. The summed E-state index contributed by atoms with van der Waals surface area (Å²) < 4.78 is 13.4. The van der Waals surface area contributed by atoms with Gasteiger partial charge in [0.05, 0.1) is 24.4 Å². The molecule has 0 aliphatic heterocycles. The number of aromatic nitrogens is 2. The van der Waals surface area contributed by atoms with Crippen LogP contribution in [0.4, 0.5) is 15.9 Å². The van der Waals surface area contributed by atoms with Crippen LogP contribution in [0.2, 0.25) is 5.15 Å². The van der Waals surface area contributed by atoms with Crippen molar-refractivity contribution in [3.8, 4) is 0 Å². The fraction of sp³-hybridized carbons (Fsp3) is 0.312. The summed E-state index contributed by atoms with van der Waals surface area (Å²) in [7, 11) is 0. The number of carbonyl (C=O) groups is 1. The minimum absolute atomic E-state index is 0.0471. The van der Waals surface area contributed by atoms with E-state index in [0.717, 1.165) is 5.56 Å². The number of carbonyl (C=O) groups excluding carboxylic acids is 1. The Bertz CT molecular complexity index is 771. The fourth-order valence-electron chi connectivity index (χ4n) is 2.33. The Kier molecular flexibility index (Phi) is 4.60. The van der Waals surface area contributed by atoms with Gasteiger partial charge >= 0.3 is 0 Å². The molecule has 2 aromatic rings. The van der Waals surface area contributed by atoms with E-state index in [0.29, 0.717) is 16.7 Å². The van der Waals surface area contributed by atoms with Crippen LogP contribution in [0.1, 0.15) is 24.9 Å². The van der Waals surface area contributed by atoms with Crippen molar-refractivity contribution in [2.45, 2.75) is 24.5 Å². The Morgan fingerprint density at radius 2 is 2.21 bits per heavy atom. The molecule has 1 saturated carbocycles. The van der Waals surface area contributed by atoms with Crippen LogP contribution in [-0.2, 0) is 4.79 Å². The molecule has 0 spiro atoms. The Labute approximate surface area is 148 Å². The summed E-state index contributed by atoms with van der Waals surface area (Å²) in [6.07, 6.45) is 3.07. The highest BCUT2D eigenvalue weighted by Gasteiger charge is 2.58. The van der Waals surface area contributed by atoms with E-state index in [1.807, 2.05) is 25.1 Å². The number of nitrogens with zero attached hydrogens (tertiary/aromatic N) is 2. The quantitative estimate of drug-likeness (QED) is 0.777. The van der Waals surface area contributed by atoms with E-state index in [2.05, 4.69) is 20.6 Å². The maximum atomic E-state index is 13.4. The molecule has 0 saturated heterocycles. The summed E-state index contributed by atoms with van der Waals surface area (Å²) >= 11 is 11.3. The minimum Gasteiger partial charge on any atom is -0.362 e. The van der Waals surface area contributed by atoms with Crippen molar-refractivity contribution in [1.29, 1.82) is 0 Å². The highest BCUT2D eigenvalue weighted by Crippen LogP contribution is 2.51. The molecule has 3 rings (SSSR count). The van der Waals surface area contributed by atoms with Crippen molar-refractivity contribution in [3.05, 3.63) is 47.4 Å². The molecule has 0 bridgehead atoms. The summed E-state index contributed by atoms with van der Waals surface area (Å²) in [5, 5.41) is 4.26. The van der Waals surface area contributed by atoms with Crippen LogP contribution < -0.4 is 10.6 Å². The van der Waals surface area contributed by atoms with Crippen LogP contribution in [0.15, 0.2) is 36.7 Å². The molecule has 126 valence electrons. The van der Waals surface area contributed by atoms with Crippen LogP contribution >= 0.6 is 23.2 Å². The highest BCUT2D eigenvalue weighted by molar-refractivity contribution is 6.29. The van der Waals surface area contributed by atoms with Crippen molar-refractivity contribution in [2.75, 3.05) is 10.6 Å². The smallest absolute Gasteiger partial charge is 0.232 e. The predicted octanol–water partition coefficient (Wildman–Crippen LogP) is 4.17. The third kappa shape index (κ3) is 3.94. The number of nitrogens with one attached hydrogen (secondary N) is 2. The minimum atomic E-state index is -1.90. The average molecular weight is 369 g/mol. The second kappa shape index (κ2) is 6.53. The van der Waals surface area contributed by atoms with E-state index >= 15 is 0 Å². The largest absolute Gasteiger partial charge is 0.362 e. The maximum Gasteiger partial charge on any atom is 0.232 e. The van der Waals surface area contributed by atoms with E-state index in [1.165, 1.54) is 6.20 Å². The third-order valence-electron chi connectivity index (χ3n) is 3.77. The summed E-state index contributed by atoms with van der Waals surface area (Å²) in [5.41, 5.74) is 1.51. The van der Waals surface area contributed by atoms with Crippen molar-refractivity contribution in [1.82, 2.24) is 9.97 Å². The lowest BCUT2D eigenvalue weighted by atomic mass is 10.1. The topological polar surface area (TPSA) is 66.9 Å². The molecular formula is C16H15Cl2FN4O. The first-order valence-electron chi connectivity index (χ1n) is 7.38. The van der Waals surface area contributed by atoms with Gasteiger partial charge in [0.1, 0.15) is 11.0 Å². The van der Waals surface area contributed by atoms with Crippen LogP contribution in [0, 0.1) is 5.92 Å². The van der Waals surface area contributed by atoms with Gasteiger partial charge in [-0.15, -0.1) is 0 Å². The van der Waals surface area contributed by atoms with E-state index in [9.17, 15) is 9.18 Å². The van der Waals surface area contributed by atoms with Gasteiger partial charge in [-0.1, -0.05) is 35.3 Å². The van der Waals surface area contributed by atoms with Gasteiger partial charge in [-0.25, -0.2) is 9.37 Å². The Morgan fingerprint density at radius 3 is 2.88 bits per heavy atom. The third-order valence-corrected chi connectivity index (χ3v) is 4.37. The number of amides is 1. The molecule has 3 unspecified atom stereocenters. The van der Waals surface area contributed by atoms with Gasteiger partial charge in [-0.3, -0.25) is 9.78 Å². The second-order valence-corrected chi connectivity index (χ2v) is 6.74. The van der Waals surface area contributed by atoms with Gasteiger partial charge in [0.25, 0.3) is 0 Å². The standard InChI is InChI=1S/C16H15Cl2FN4O/c1-9(21-14-8-20-7-13(17)23-14)10-3-2-4-11(5-10)22-15(24)12-6-16(12,18)19/h2-5,7-9,12H,6H2,1H3,(H,21,23)(H,22,24). The molecule has 1 heterocycles. The monoisotopic (exact) mass is 368 g/mol. The van der Waals surface area contributed by atoms with E-state index in [1.54, 1.807) is 12.3 Å². The summed E-state index contributed by atoms with van der Waals surface area (Å²) in [6, 6.07) is 7.17. The summed E-state index contributed by atoms with van der Waals surface area (Å²) in [4.78, 5) is 20.0. The number of halogens is 3. The molecule has 1 aliphatic carbocycles. The van der Waals surface area contributed by atoms with Gasteiger partial charge in [0, 0.05) is 12.1 Å². The van der Waals surface area contributed by atoms with E-state index in [-0.39, 0.29) is 12.5 Å². The Hall–Kier alpha value is -1.92. The van der Waals surface area contributed by atoms with Crippen LogP contribution in [0.3, 0.4) is 0 Å². The number of hydrogen-bond donors (Lipinski definition) is 2. The molecule has 24 heavy (non-hydrogen) atoms. The SMILES string of the molecule is CC(Nc1cncc(Cl)n1)c1cccc(NC(=O)C2CC2(F)Cl)c1. The highest BCUT2D eigenvalue weighted by atomic mass is 35.5. The zero-order chi connectivity index (χ0) is 17.3. The second-order valence-electron chi connectivity index (χ2n) is 5.73. The normalized spacial score (nSPS) is 23.4. The Balaban J connectivity index is 1.67. The molecule has 1 amide bonds. The fourth-order valence-corrected chi connectivity index (χ4v) is 2.73. The number of hydrogen-bond acceptors (Lipinski definition) is 4. The predicted molar refractivity (Wildman–Crippen MR) is 92.0 cm³/mol. The average Bonchev–Trinajstić information content (AvgIpc) is 3.16. The van der Waals surface area contributed by atoms with Gasteiger partial charge in [-0.2, -0.15) is 0 Å². The van der Waals surface area contributed by atoms with Crippen LogP contribution in [0.25, 0.3) is 0 Å². The van der Waals surface area contributed by atoms with E-state index in [4.69, 9.17) is 23.2 Å². The molecule has 1 aliphatic rings. The van der Waals surface area contributed by atoms with Gasteiger partial charge < -0.3 is 10.6 Å². The maximum absolute atomic E-state index is 13.4. The number of anilines is 2. The van der Waals surface area contributed by atoms with Crippen molar-refractivity contribution >= 4 is 40.6 Å². The number of rotatable bonds is 5. The van der Waals surface area contributed by atoms with Crippen molar-refractivity contribution < 1.29 is 9.18 Å². The molecule has 1 aromatic carbocycles. The van der Waals surface area contributed by atoms with Gasteiger partial charge in [-0.05, 0) is 24.6 Å². The molecule has 8 heteroatoms.